The molecule has 0 aromatic heterocycles. The topological polar surface area (TPSA) is 38.3 Å². The number of carbonyl (C=O) groups excluding carboxylic acids is 1. The number of methoxy groups -OCH3 is 1. The first-order chi connectivity index (χ1) is 9.47. The number of carbonyl (C=O) groups is 1. The zero-order chi connectivity index (χ0) is 15.1. The molecule has 1 N–H and O–H groups in total. The first-order valence-electron chi connectivity index (χ1n) is 7.07. The average molecular weight is 298 g/mol. The first kappa shape index (κ1) is 17.0. The van der Waals surface area contributed by atoms with E-state index in [4.69, 9.17) is 16.3 Å². The molecule has 0 aliphatic carbocycles. The number of nitrogens with one attached hydrogen (secondary N) is 1. The fraction of sp³-hybridized carbons (Fsp3) is 0.562. The highest BCUT2D eigenvalue weighted by molar-refractivity contribution is 6.30. The van der Waals surface area contributed by atoms with Crippen LogP contribution in [0.5, 0.6) is 0 Å². The highest BCUT2D eigenvalue weighted by Crippen LogP contribution is 2.21. The zero-order valence-corrected chi connectivity index (χ0v) is 13.4. The van der Waals surface area contributed by atoms with Gasteiger partial charge in [0.2, 0.25) is 0 Å². The molecule has 3 nitrogen and oxygen atoms in total. The number of hydrogen-bond acceptors (Lipinski definition) is 3. The summed E-state index contributed by atoms with van der Waals surface area (Å²) in [4.78, 5) is 11.9. The number of hydrogen-bond donors (Lipinski definition) is 1. The summed E-state index contributed by atoms with van der Waals surface area (Å²) in [6, 6.07) is 7.57. The van der Waals surface area contributed by atoms with Crippen LogP contribution in [0.1, 0.15) is 45.2 Å². The van der Waals surface area contributed by atoms with Crippen molar-refractivity contribution in [2.45, 2.75) is 45.7 Å². The maximum absolute atomic E-state index is 11.9. The van der Waals surface area contributed by atoms with Gasteiger partial charge in [0, 0.05) is 11.1 Å². The van der Waals surface area contributed by atoms with Crippen molar-refractivity contribution in [1.29, 1.82) is 0 Å². The van der Waals surface area contributed by atoms with Crippen LogP contribution in [0.25, 0.3) is 0 Å². The predicted molar refractivity (Wildman–Crippen MR) is 82.9 cm³/mol. The van der Waals surface area contributed by atoms with Gasteiger partial charge in [0.1, 0.15) is 6.04 Å². The Morgan fingerprint density at radius 3 is 2.35 bits per heavy atom. The van der Waals surface area contributed by atoms with Crippen LogP contribution in [0.15, 0.2) is 24.3 Å². The molecular formula is C16H24ClNO2. The van der Waals surface area contributed by atoms with Gasteiger partial charge in [-0.15, -0.1) is 0 Å². The Morgan fingerprint density at radius 1 is 1.30 bits per heavy atom. The second kappa shape index (κ2) is 8.28. The molecule has 2 atom stereocenters. The number of rotatable bonds is 7. The van der Waals surface area contributed by atoms with Gasteiger partial charge in [0.05, 0.1) is 7.11 Å². The average Bonchev–Trinajstić information content (AvgIpc) is 2.43. The second-order valence-electron chi connectivity index (χ2n) is 5.38. The van der Waals surface area contributed by atoms with Crippen molar-refractivity contribution in [3.8, 4) is 0 Å². The normalized spacial score (nSPS) is 14.1. The molecule has 0 amide bonds. The number of benzene rings is 1. The Kier molecular flexibility index (Phi) is 7.03. The maximum Gasteiger partial charge on any atom is 0.322 e. The summed E-state index contributed by atoms with van der Waals surface area (Å²) >= 11 is 5.91. The SMILES string of the molecule is CCC(NC(CC(C)C)C(=O)OC)c1ccc(Cl)cc1. The number of ether oxygens (including phenoxy) is 1. The lowest BCUT2D eigenvalue weighted by Crippen LogP contribution is -2.40. The molecule has 0 saturated heterocycles. The monoisotopic (exact) mass is 297 g/mol. The molecule has 0 spiro atoms. The van der Waals surface area contributed by atoms with Crippen LogP contribution in [0, 0.1) is 5.92 Å². The lowest BCUT2D eigenvalue weighted by Gasteiger charge is -2.25. The van der Waals surface area contributed by atoms with Crippen LogP contribution in [-0.4, -0.2) is 19.1 Å². The largest absolute Gasteiger partial charge is 0.468 e. The van der Waals surface area contributed by atoms with Crippen molar-refractivity contribution in [3.05, 3.63) is 34.9 Å². The quantitative estimate of drug-likeness (QED) is 0.774. The van der Waals surface area contributed by atoms with E-state index in [0.717, 1.165) is 23.4 Å². The molecule has 0 aliphatic rings. The minimum Gasteiger partial charge on any atom is -0.468 e. The fourth-order valence-corrected chi connectivity index (χ4v) is 2.36. The van der Waals surface area contributed by atoms with Crippen LogP contribution in [0.2, 0.25) is 5.02 Å². The van der Waals surface area contributed by atoms with Gasteiger partial charge in [-0.1, -0.05) is 44.5 Å². The standard InChI is InChI=1S/C16H24ClNO2/c1-5-14(12-6-8-13(17)9-7-12)18-15(10-11(2)3)16(19)20-4/h6-9,11,14-15,18H,5,10H2,1-4H3. The summed E-state index contributed by atoms with van der Waals surface area (Å²) < 4.78 is 4.89. The van der Waals surface area contributed by atoms with Crippen molar-refractivity contribution in [1.82, 2.24) is 5.32 Å². The van der Waals surface area contributed by atoms with Crippen LogP contribution in [-0.2, 0) is 9.53 Å². The van der Waals surface area contributed by atoms with Crippen LogP contribution in [0.4, 0.5) is 0 Å². The third-order valence-electron chi connectivity index (χ3n) is 3.28. The predicted octanol–water partition coefficient (Wildman–Crippen LogP) is 3.97. The molecule has 0 saturated carbocycles. The third kappa shape index (κ3) is 5.14. The van der Waals surface area contributed by atoms with E-state index in [1.807, 2.05) is 24.3 Å². The molecule has 1 aromatic carbocycles. The van der Waals surface area contributed by atoms with Gasteiger partial charge in [-0.05, 0) is 36.5 Å². The second-order valence-corrected chi connectivity index (χ2v) is 5.82. The van der Waals surface area contributed by atoms with Crippen molar-refractivity contribution >= 4 is 17.6 Å². The van der Waals surface area contributed by atoms with Gasteiger partial charge in [-0.2, -0.15) is 0 Å². The molecule has 1 aromatic rings. The maximum atomic E-state index is 11.9. The Bertz CT molecular complexity index is 417. The highest BCUT2D eigenvalue weighted by atomic mass is 35.5. The molecule has 20 heavy (non-hydrogen) atoms. The summed E-state index contributed by atoms with van der Waals surface area (Å²) in [5.74, 6) is 0.223. The third-order valence-corrected chi connectivity index (χ3v) is 3.53. The molecular weight excluding hydrogens is 274 g/mol. The van der Waals surface area contributed by atoms with Crippen molar-refractivity contribution in [2.75, 3.05) is 7.11 Å². The number of esters is 1. The van der Waals surface area contributed by atoms with Crippen molar-refractivity contribution < 1.29 is 9.53 Å². The Labute approximate surface area is 126 Å². The lowest BCUT2D eigenvalue weighted by atomic mass is 9.99. The molecule has 2 unspecified atom stereocenters. The molecule has 0 radical (unpaired) electrons. The zero-order valence-electron chi connectivity index (χ0n) is 12.7. The van der Waals surface area contributed by atoms with E-state index in [0.29, 0.717) is 5.92 Å². The summed E-state index contributed by atoms with van der Waals surface area (Å²) in [6.07, 6.45) is 1.66. The number of halogens is 1. The van der Waals surface area contributed by atoms with Gasteiger partial charge in [0.15, 0.2) is 0 Å². The van der Waals surface area contributed by atoms with Crippen molar-refractivity contribution in [3.63, 3.8) is 0 Å². The Morgan fingerprint density at radius 2 is 1.90 bits per heavy atom. The molecule has 0 fully saturated rings. The molecule has 0 bridgehead atoms. The first-order valence-corrected chi connectivity index (χ1v) is 7.45. The van der Waals surface area contributed by atoms with Crippen molar-refractivity contribution in [2.24, 2.45) is 5.92 Å². The molecule has 4 heteroatoms. The van der Waals surface area contributed by atoms with E-state index < -0.39 is 0 Å². The van der Waals surface area contributed by atoms with Gasteiger partial charge >= 0.3 is 5.97 Å². The van der Waals surface area contributed by atoms with Crippen LogP contribution in [0.3, 0.4) is 0 Å². The lowest BCUT2D eigenvalue weighted by molar-refractivity contribution is -0.143. The Balaban J connectivity index is 2.82. The van der Waals surface area contributed by atoms with E-state index in [9.17, 15) is 4.79 Å². The van der Waals surface area contributed by atoms with Gasteiger partial charge in [-0.25, -0.2) is 0 Å². The minimum atomic E-state index is -0.277. The molecule has 0 heterocycles. The van der Waals surface area contributed by atoms with E-state index >= 15 is 0 Å². The van der Waals surface area contributed by atoms with E-state index in [1.54, 1.807) is 0 Å². The highest BCUT2D eigenvalue weighted by Gasteiger charge is 2.23. The van der Waals surface area contributed by atoms with Gasteiger partial charge < -0.3 is 4.74 Å². The van der Waals surface area contributed by atoms with Crippen LogP contribution < -0.4 is 5.32 Å². The smallest absolute Gasteiger partial charge is 0.322 e. The molecule has 1 rings (SSSR count). The summed E-state index contributed by atoms with van der Waals surface area (Å²) in [6.45, 7) is 6.29. The summed E-state index contributed by atoms with van der Waals surface area (Å²) in [5.41, 5.74) is 1.13. The minimum absolute atomic E-state index is 0.120. The van der Waals surface area contributed by atoms with E-state index in [2.05, 4.69) is 26.1 Å². The van der Waals surface area contributed by atoms with E-state index in [1.165, 1.54) is 7.11 Å². The summed E-state index contributed by atoms with van der Waals surface area (Å²) in [7, 11) is 1.43. The summed E-state index contributed by atoms with van der Waals surface area (Å²) in [5, 5.41) is 4.12. The fourth-order valence-electron chi connectivity index (χ4n) is 2.23. The Hall–Kier alpha value is -1.06. The molecule has 0 aliphatic heterocycles. The van der Waals surface area contributed by atoms with Gasteiger partial charge in [-0.3, -0.25) is 10.1 Å². The van der Waals surface area contributed by atoms with Crippen LogP contribution >= 0.6 is 11.6 Å². The van der Waals surface area contributed by atoms with E-state index in [-0.39, 0.29) is 18.1 Å². The van der Waals surface area contributed by atoms with Gasteiger partial charge in [0.25, 0.3) is 0 Å². The molecule has 112 valence electrons.